The van der Waals surface area contributed by atoms with Crippen LogP contribution < -0.4 is 5.32 Å². The fourth-order valence-electron chi connectivity index (χ4n) is 3.83. The quantitative estimate of drug-likeness (QED) is 0.876. The van der Waals surface area contributed by atoms with Crippen LogP contribution in [0.2, 0.25) is 0 Å². The zero-order valence-corrected chi connectivity index (χ0v) is 14.5. The Kier molecular flexibility index (Phi) is 4.24. The van der Waals surface area contributed by atoms with Gasteiger partial charge in [-0.05, 0) is 48.1 Å². The average Bonchev–Trinajstić information content (AvgIpc) is 2.38. The zero-order chi connectivity index (χ0) is 16.7. The maximum Gasteiger partial charge on any atom is 0.273 e. The number of hydrogen-bond donors (Lipinski definition) is 2. The normalized spacial score (nSPS) is 26.5. The van der Waals surface area contributed by atoms with Gasteiger partial charge in [0.25, 0.3) is 5.91 Å². The highest BCUT2D eigenvalue weighted by Gasteiger charge is 2.45. The molecule has 0 spiro atoms. The summed E-state index contributed by atoms with van der Waals surface area (Å²) in [6.45, 7) is 13.1. The molecular weight excluding hydrogens is 276 g/mol. The van der Waals surface area contributed by atoms with Crippen molar-refractivity contribution < 1.29 is 9.90 Å². The van der Waals surface area contributed by atoms with Crippen molar-refractivity contribution in [2.75, 3.05) is 0 Å². The Morgan fingerprint density at radius 3 is 2.36 bits per heavy atom. The largest absolute Gasteiger partial charge is 0.505 e. The number of rotatable bonds is 2. The van der Waals surface area contributed by atoms with E-state index in [0.717, 1.165) is 12.8 Å². The Morgan fingerprint density at radius 1 is 1.27 bits per heavy atom. The number of aromatic hydroxyl groups is 1. The van der Waals surface area contributed by atoms with E-state index in [4.69, 9.17) is 0 Å². The molecule has 2 rings (SSSR count). The Labute approximate surface area is 133 Å². The van der Waals surface area contributed by atoms with Gasteiger partial charge in [-0.1, -0.05) is 34.6 Å². The molecule has 4 nitrogen and oxygen atoms in total. The van der Waals surface area contributed by atoms with Gasteiger partial charge in [0.15, 0.2) is 5.69 Å². The van der Waals surface area contributed by atoms with Crippen molar-refractivity contribution in [3.05, 3.63) is 23.5 Å². The number of nitrogens with one attached hydrogen (secondary N) is 1. The van der Waals surface area contributed by atoms with Crippen LogP contribution in [0.5, 0.6) is 5.75 Å². The predicted molar refractivity (Wildman–Crippen MR) is 87.9 cm³/mol. The smallest absolute Gasteiger partial charge is 0.273 e. The topological polar surface area (TPSA) is 62.2 Å². The first kappa shape index (κ1) is 16.8. The molecule has 0 atom stereocenters. The molecule has 1 saturated carbocycles. The van der Waals surface area contributed by atoms with E-state index in [-0.39, 0.29) is 34.2 Å². The van der Waals surface area contributed by atoms with Crippen molar-refractivity contribution >= 4 is 5.91 Å². The van der Waals surface area contributed by atoms with E-state index in [1.54, 1.807) is 19.2 Å². The summed E-state index contributed by atoms with van der Waals surface area (Å²) in [4.78, 5) is 16.5. The number of nitrogens with zero attached hydrogens (tertiary/aromatic N) is 1. The molecule has 0 aromatic carbocycles. The summed E-state index contributed by atoms with van der Waals surface area (Å²) in [5.74, 6) is 0.272. The van der Waals surface area contributed by atoms with Gasteiger partial charge < -0.3 is 10.4 Å². The molecule has 1 aliphatic carbocycles. The minimum Gasteiger partial charge on any atom is -0.505 e. The molecule has 1 aliphatic rings. The molecule has 1 amide bonds. The molecule has 1 heterocycles. The Balaban J connectivity index is 2.17. The Bertz CT molecular complexity index is 560. The molecule has 0 aliphatic heterocycles. The molecule has 0 unspecified atom stereocenters. The van der Waals surface area contributed by atoms with E-state index in [9.17, 15) is 9.90 Å². The summed E-state index contributed by atoms with van der Waals surface area (Å²) in [5.41, 5.74) is 1.12. The van der Waals surface area contributed by atoms with E-state index in [2.05, 4.69) is 44.9 Å². The van der Waals surface area contributed by atoms with Gasteiger partial charge in [0.2, 0.25) is 0 Å². The highest BCUT2D eigenvalue weighted by molar-refractivity contribution is 5.95. The van der Waals surface area contributed by atoms with E-state index in [1.807, 2.05) is 0 Å². The van der Waals surface area contributed by atoms with Crippen molar-refractivity contribution in [3.63, 3.8) is 0 Å². The third kappa shape index (κ3) is 3.11. The molecule has 4 heteroatoms. The summed E-state index contributed by atoms with van der Waals surface area (Å²) < 4.78 is 0. The maximum atomic E-state index is 12.5. The molecule has 1 aromatic heterocycles. The molecule has 0 bridgehead atoms. The van der Waals surface area contributed by atoms with E-state index >= 15 is 0 Å². The summed E-state index contributed by atoms with van der Waals surface area (Å²) in [7, 11) is 0. The minimum atomic E-state index is -0.285. The van der Waals surface area contributed by atoms with E-state index < -0.39 is 0 Å². The zero-order valence-electron chi connectivity index (χ0n) is 14.5. The van der Waals surface area contributed by atoms with Gasteiger partial charge >= 0.3 is 0 Å². The van der Waals surface area contributed by atoms with E-state index in [0.29, 0.717) is 11.5 Å². The molecule has 1 fully saturated rings. The van der Waals surface area contributed by atoms with Crippen LogP contribution in [0, 0.1) is 23.7 Å². The number of amides is 1. The fourth-order valence-corrected chi connectivity index (χ4v) is 3.83. The maximum absolute atomic E-state index is 12.5. The molecule has 122 valence electrons. The Hall–Kier alpha value is -1.58. The van der Waals surface area contributed by atoms with Crippen molar-refractivity contribution in [1.82, 2.24) is 10.3 Å². The highest BCUT2D eigenvalue weighted by atomic mass is 16.3. The fraction of sp³-hybridized carbons (Fsp3) is 0.667. The standard InChI is InChI=1S/C18H28N2O2/c1-11-7-8-19-14(15(11)21)16(22)20-13-9-17(3,4)12(2)18(5,6)10-13/h7-8,12-13,21H,9-10H2,1-6H3,(H,20,22). The van der Waals surface area contributed by atoms with Gasteiger partial charge in [-0.2, -0.15) is 0 Å². The average molecular weight is 304 g/mol. The van der Waals surface area contributed by atoms with Crippen LogP contribution >= 0.6 is 0 Å². The van der Waals surface area contributed by atoms with Gasteiger partial charge in [-0.15, -0.1) is 0 Å². The lowest BCUT2D eigenvalue weighted by atomic mass is 9.56. The summed E-state index contributed by atoms with van der Waals surface area (Å²) in [5, 5.41) is 13.1. The second-order valence-electron chi connectivity index (χ2n) is 8.10. The number of aromatic nitrogens is 1. The molecule has 22 heavy (non-hydrogen) atoms. The Morgan fingerprint density at radius 2 is 1.82 bits per heavy atom. The van der Waals surface area contributed by atoms with Gasteiger partial charge in [0, 0.05) is 12.2 Å². The second kappa shape index (κ2) is 5.56. The van der Waals surface area contributed by atoms with Crippen LogP contribution in [0.25, 0.3) is 0 Å². The molecule has 0 saturated heterocycles. The summed E-state index contributed by atoms with van der Waals surface area (Å²) >= 11 is 0. The van der Waals surface area contributed by atoms with Crippen LogP contribution in [0.15, 0.2) is 12.3 Å². The minimum absolute atomic E-state index is 0.0253. The second-order valence-corrected chi connectivity index (χ2v) is 8.10. The number of carbonyl (C=O) groups excluding carboxylic acids is 1. The van der Waals surface area contributed by atoms with Crippen LogP contribution in [-0.2, 0) is 0 Å². The first-order valence-corrected chi connectivity index (χ1v) is 8.00. The SMILES string of the molecule is Cc1ccnc(C(=O)NC2CC(C)(C)C(C)C(C)(C)C2)c1O. The molecule has 2 N–H and O–H groups in total. The third-order valence-electron chi connectivity index (χ3n) is 5.57. The van der Waals surface area contributed by atoms with Crippen molar-refractivity contribution in [3.8, 4) is 5.75 Å². The van der Waals surface area contributed by atoms with Gasteiger partial charge in [0.1, 0.15) is 5.75 Å². The molecule has 1 aromatic rings. The predicted octanol–water partition coefficient (Wildman–Crippen LogP) is 3.68. The van der Waals surface area contributed by atoms with Crippen LogP contribution in [0.3, 0.4) is 0 Å². The number of hydrogen-bond acceptors (Lipinski definition) is 3. The molecular formula is C18H28N2O2. The van der Waals surface area contributed by atoms with E-state index in [1.165, 1.54) is 0 Å². The first-order valence-electron chi connectivity index (χ1n) is 8.00. The van der Waals surface area contributed by atoms with Gasteiger partial charge in [0.05, 0.1) is 0 Å². The van der Waals surface area contributed by atoms with Crippen molar-refractivity contribution in [2.24, 2.45) is 16.7 Å². The monoisotopic (exact) mass is 304 g/mol. The highest BCUT2D eigenvalue weighted by Crippen LogP contribution is 2.50. The number of aryl methyl sites for hydroxylation is 1. The lowest BCUT2D eigenvalue weighted by Gasteiger charge is -2.51. The van der Waals surface area contributed by atoms with Crippen LogP contribution in [0.1, 0.15) is 63.5 Å². The number of pyridine rings is 1. The van der Waals surface area contributed by atoms with Crippen molar-refractivity contribution in [1.29, 1.82) is 0 Å². The summed E-state index contributed by atoms with van der Waals surface area (Å²) in [6.07, 6.45) is 3.44. The van der Waals surface area contributed by atoms with Gasteiger partial charge in [-0.25, -0.2) is 4.98 Å². The third-order valence-corrected chi connectivity index (χ3v) is 5.57. The van der Waals surface area contributed by atoms with Crippen LogP contribution in [-0.4, -0.2) is 22.0 Å². The lowest BCUT2D eigenvalue weighted by Crippen LogP contribution is -2.50. The van der Waals surface area contributed by atoms with Crippen molar-refractivity contribution in [2.45, 2.75) is 60.4 Å². The lowest BCUT2D eigenvalue weighted by molar-refractivity contribution is 0.00817. The first-order chi connectivity index (χ1) is 10.0. The summed E-state index contributed by atoms with van der Waals surface area (Å²) in [6, 6.07) is 1.80. The number of carbonyl (C=O) groups is 1. The van der Waals surface area contributed by atoms with Gasteiger partial charge in [-0.3, -0.25) is 4.79 Å². The molecule has 0 radical (unpaired) electrons. The van der Waals surface area contributed by atoms with Crippen LogP contribution in [0.4, 0.5) is 0 Å².